The molecule has 0 radical (unpaired) electrons. The minimum absolute atomic E-state index is 0.107. The van der Waals surface area contributed by atoms with Crippen molar-refractivity contribution in [1.82, 2.24) is 0 Å². The van der Waals surface area contributed by atoms with E-state index in [-0.39, 0.29) is 18.3 Å². The van der Waals surface area contributed by atoms with Crippen molar-refractivity contribution in [2.75, 3.05) is 11.9 Å². The van der Waals surface area contributed by atoms with Gasteiger partial charge in [0, 0.05) is 18.6 Å². The summed E-state index contributed by atoms with van der Waals surface area (Å²) in [6.07, 6.45) is 4.71. The highest BCUT2D eigenvalue weighted by Crippen LogP contribution is 2.27. The van der Waals surface area contributed by atoms with Gasteiger partial charge >= 0.3 is 5.97 Å². The summed E-state index contributed by atoms with van der Waals surface area (Å²) >= 11 is 0. The lowest BCUT2D eigenvalue weighted by Gasteiger charge is -2.10. The van der Waals surface area contributed by atoms with Crippen LogP contribution in [0.25, 0.3) is 0 Å². The van der Waals surface area contributed by atoms with Crippen LogP contribution in [0.3, 0.4) is 0 Å². The number of nitrogens with one attached hydrogen (secondary N) is 1. The van der Waals surface area contributed by atoms with Crippen molar-refractivity contribution < 1.29 is 19.2 Å². The molecule has 23 heavy (non-hydrogen) atoms. The Morgan fingerprint density at radius 3 is 2.70 bits per heavy atom. The number of anilines is 1. The third-order valence-corrected chi connectivity index (χ3v) is 4.00. The highest BCUT2D eigenvalue weighted by molar-refractivity contribution is 5.93. The molecule has 0 aromatic heterocycles. The van der Waals surface area contributed by atoms with Crippen molar-refractivity contribution in [1.29, 1.82) is 0 Å². The molecule has 0 spiro atoms. The summed E-state index contributed by atoms with van der Waals surface area (Å²) in [4.78, 5) is 33.7. The molecule has 0 bridgehead atoms. The Hall–Kier alpha value is -2.44. The van der Waals surface area contributed by atoms with E-state index in [4.69, 9.17) is 4.74 Å². The molecular formula is C16H20N2O5. The number of ether oxygens (including phenoxy) is 1. The summed E-state index contributed by atoms with van der Waals surface area (Å²) in [6.45, 7) is 1.35. The van der Waals surface area contributed by atoms with Gasteiger partial charge in [-0.15, -0.1) is 0 Å². The molecule has 2 rings (SSSR count). The molecule has 1 aromatic rings. The lowest BCUT2D eigenvalue weighted by Crippen LogP contribution is -2.22. The van der Waals surface area contributed by atoms with Crippen LogP contribution in [0.5, 0.6) is 0 Å². The van der Waals surface area contributed by atoms with Crippen LogP contribution in [0.2, 0.25) is 0 Å². The van der Waals surface area contributed by atoms with Crippen molar-refractivity contribution in [3.63, 3.8) is 0 Å². The second-order valence-electron chi connectivity index (χ2n) is 5.82. The highest BCUT2D eigenvalue weighted by atomic mass is 16.6. The number of nitro benzene ring substituents is 1. The van der Waals surface area contributed by atoms with E-state index in [0.29, 0.717) is 23.6 Å². The molecule has 7 nitrogen and oxygen atoms in total. The second-order valence-corrected chi connectivity index (χ2v) is 5.82. The predicted molar refractivity (Wildman–Crippen MR) is 84.0 cm³/mol. The maximum Gasteiger partial charge on any atom is 0.306 e. The van der Waals surface area contributed by atoms with Crippen molar-refractivity contribution in [2.45, 2.75) is 39.0 Å². The summed E-state index contributed by atoms with van der Waals surface area (Å²) in [7, 11) is 0. The molecule has 1 saturated carbocycles. The van der Waals surface area contributed by atoms with E-state index in [9.17, 15) is 19.7 Å². The van der Waals surface area contributed by atoms with Gasteiger partial charge in [-0.2, -0.15) is 0 Å². The largest absolute Gasteiger partial charge is 0.456 e. The summed E-state index contributed by atoms with van der Waals surface area (Å²) in [5.74, 6) is -0.513. The van der Waals surface area contributed by atoms with Gasteiger partial charge in [0.15, 0.2) is 6.61 Å². The first-order valence-corrected chi connectivity index (χ1v) is 7.66. The molecule has 1 fully saturated rings. The average molecular weight is 320 g/mol. The number of nitrogens with zero attached hydrogens (tertiary/aromatic N) is 1. The smallest absolute Gasteiger partial charge is 0.306 e. The first kappa shape index (κ1) is 16.9. The van der Waals surface area contributed by atoms with Gasteiger partial charge in [-0.1, -0.05) is 18.9 Å². The van der Waals surface area contributed by atoms with E-state index < -0.39 is 10.8 Å². The summed E-state index contributed by atoms with van der Waals surface area (Å²) in [6, 6.07) is 4.21. The van der Waals surface area contributed by atoms with Crippen LogP contribution in [-0.2, 0) is 14.3 Å². The van der Waals surface area contributed by atoms with Crippen molar-refractivity contribution in [3.05, 3.63) is 33.9 Å². The van der Waals surface area contributed by atoms with Crippen molar-refractivity contribution in [2.24, 2.45) is 5.92 Å². The molecule has 0 unspecified atom stereocenters. The summed E-state index contributed by atoms with van der Waals surface area (Å²) < 4.78 is 4.97. The fraction of sp³-hybridized carbons (Fsp3) is 0.500. The highest BCUT2D eigenvalue weighted by Gasteiger charge is 2.20. The SMILES string of the molecule is Cc1ccc([N+](=O)[O-])cc1NC(=O)COC(=O)CC1CCCC1. The number of esters is 1. The zero-order valence-electron chi connectivity index (χ0n) is 13.0. The molecule has 1 aliphatic carbocycles. The number of benzene rings is 1. The zero-order chi connectivity index (χ0) is 16.8. The van der Waals surface area contributed by atoms with Gasteiger partial charge in [-0.05, 0) is 31.2 Å². The van der Waals surface area contributed by atoms with E-state index in [1.54, 1.807) is 13.0 Å². The van der Waals surface area contributed by atoms with Crippen LogP contribution in [-0.4, -0.2) is 23.4 Å². The Kier molecular flexibility index (Phi) is 5.67. The second kappa shape index (κ2) is 7.71. The van der Waals surface area contributed by atoms with Gasteiger partial charge in [0.25, 0.3) is 11.6 Å². The monoisotopic (exact) mass is 320 g/mol. The number of nitro groups is 1. The first-order valence-electron chi connectivity index (χ1n) is 7.66. The zero-order valence-corrected chi connectivity index (χ0v) is 13.0. The van der Waals surface area contributed by atoms with Crippen LogP contribution < -0.4 is 5.32 Å². The molecule has 7 heteroatoms. The Bertz CT molecular complexity index is 608. The topological polar surface area (TPSA) is 98.5 Å². The molecule has 124 valence electrons. The van der Waals surface area contributed by atoms with Crippen LogP contribution in [0.1, 0.15) is 37.7 Å². The van der Waals surface area contributed by atoms with Crippen LogP contribution in [0.15, 0.2) is 18.2 Å². The number of carbonyl (C=O) groups excluding carboxylic acids is 2. The number of carbonyl (C=O) groups is 2. The molecule has 0 aliphatic heterocycles. The van der Waals surface area contributed by atoms with Crippen molar-refractivity contribution in [3.8, 4) is 0 Å². The van der Waals surface area contributed by atoms with Gasteiger partial charge in [-0.3, -0.25) is 19.7 Å². The van der Waals surface area contributed by atoms with Crippen LogP contribution in [0.4, 0.5) is 11.4 Å². The quantitative estimate of drug-likeness (QED) is 0.493. The lowest BCUT2D eigenvalue weighted by atomic mass is 10.1. The third-order valence-electron chi connectivity index (χ3n) is 4.00. The summed E-state index contributed by atoms with van der Waals surface area (Å²) in [5, 5.41) is 13.3. The number of rotatable bonds is 6. The molecule has 1 aromatic carbocycles. The van der Waals surface area contributed by atoms with E-state index >= 15 is 0 Å². The van der Waals surface area contributed by atoms with Gasteiger partial charge in [0.05, 0.1) is 10.6 Å². The molecule has 0 heterocycles. The van der Waals surface area contributed by atoms with E-state index in [1.807, 2.05) is 0 Å². The Balaban J connectivity index is 1.83. The third kappa shape index (κ3) is 5.05. The van der Waals surface area contributed by atoms with E-state index in [0.717, 1.165) is 25.7 Å². The van der Waals surface area contributed by atoms with Crippen LogP contribution in [0, 0.1) is 23.0 Å². The number of hydrogen-bond acceptors (Lipinski definition) is 5. The first-order chi connectivity index (χ1) is 11.0. The fourth-order valence-electron chi connectivity index (χ4n) is 2.70. The lowest BCUT2D eigenvalue weighted by molar-refractivity contribution is -0.384. The predicted octanol–water partition coefficient (Wildman–Crippen LogP) is 2.97. The number of hydrogen-bond donors (Lipinski definition) is 1. The number of aryl methyl sites for hydroxylation is 1. The Morgan fingerprint density at radius 1 is 1.35 bits per heavy atom. The average Bonchev–Trinajstić information content (AvgIpc) is 3.00. The standard InChI is InChI=1S/C16H20N2O5/c1-11-6-7-13(18(21)22)9-14(11)17-15(19)10-23-16(20)8-12-4-2-3-5-12/h6-7,9,12H,2-5,8,10H2,1H3,(H,17,19). The van der Waals surface area contributed by atoms with Gasteiger partial charge in [0.1, 0.15) is 0 Å². The fourth-order valence-corrected chi connectivity index (χ4v) is 2.70. The van der Waals surface area contributed by atoms with Gasteiger partial charge in [-0.25, -0.2) is 0 Å². The van der Waals surface area contributed by atoms with E-state index in [2.05, 4.69) is 5.32 Å². The molecule has 1 aliphatic rings. The maximum absolute atomic E-state index is 11.8. The Morgan fingerprint density at radius 2 is 2.04 bits per heavy atom. The van der Waals surface area contributed by atoms with Crippen LogP contribution >= 0.6 is 0 Å². The molecular weight excluding hydrogens is 300 g/mol. The summed E-state index contributed by atoms with van der Waals surface area (Å²) in [5.41, 5.74) is 0.932. The van der Waals surface area contributed by atoms with E-state index in [1.165, 1.54) is 12.1 Å². The Labute approximate surface area is 134 Å². The minimum atomic E-state index is -0.531. The number of amides is 1. The normalized spacial score (nSPS) is 14.5. The molecule has 0 atom stereocenters. The van der Waals surface area contributed by atoms with Crippen molar-refractivity contribution >= 4 is 23.3 Å². The van der Waals surface area contributed by atoms with Gasteiger partial charge < -0.3 is 10.1 Å². The molecule has 1 N–H and O–H groups in total. The molecule has 0 saturated heterocycles. The minimum Gasteiger partial charge on any atom is -0.456 e. The van der Waals surface area contributed by atoms with Gasteiger partial charge in [0.2, 0.25) is 0 Å². The molecule has 1 amide bonds. The number of non-ortho nitro benzene ring substituents is 1. The maximum atomic E-state index is 11.8.